The van der Waals surface area contributed by atoms with Crippen LogP contribution in [0.15, 0.2) is 60.7 Å². The monoisotopic (exact) mass is 556 g/mol. The number of carbonyl (C=O) groups is 1. The first-order valence-electron chi connectivity index (χ1n) is 14.3. The fourth-order valence-electron chi connectivity index (χ4n) is 5.55. The molecule has 0 aromatic heterocycles. The number of piperidine rings is 1. The third-order valence-electron chi connectivity index (χ3n) is 7.98. The van der Waals surface area contributed by atoms with E-state index < -0.39 is 0 Å². The van der Waals surface area contributed by atoms with Crippen LogP contribution in [0.2, 0.25) is 0 Å². The van der Waals surface area contributed by atoms with Crippen molar-refractivity contribution in [1.29, 1.82) is 0 Å². The lowest BCUT2D eigenvalue weighted by atomic mass is 9.92. The molecule has 0 saturated carbocycles. The molecule has 2 atom stereocenters. The topological polar surface area (TPSA) is 69.3 Å². The van der Waals surface area contributed by atoms with Crippen molar-refractivity contribution in [3.63, 3.8) is 0 Å². The van der Waals surface area contributed by atoms with E-state index in [1.54, 1.807) is 19.1 Å². The van der Waals surface area contributed by atoms with Crippen LogP contribution in [-0.4, -0.2) is 51.8 Å². The summed E-state index contributed by atoms with van der Waals surface area (Å²) in [5, 5.41) is 3.64. The van der Waals surface area contributed by atoms with Crippen molar-refractivity contribution in [3.8, 4) is 23.0 Å². The second-order valence-corrected chi connectivity index (χ2v) is 10.9. The van der Waals surface area contributed by atoms with Crippen LogP contribution in [0.4, 0.5) is 0 Å². The Morgan fingerprint density at radius 2 is 1.71 bits per heavy atom. The second-order valence-electron chi connectivity index (χ2n) is 10.9. The van der Waals surface area contributed by atoms with Crippen LogP contribution >= 0.6 is 0 Å². The van der Waals surface area contributed by atoms with Crippen LogP contribution in [0.1, 0.15) is 46.7 Å². The van der Waals surface area contributed by atoms with Crippen molar-refractivity contribution in [2.45, 2.75) is 38.8 Å². The van der Waals surface area contributed by atoms with Crippen molar-refractivity contribution < 1.29 is 23.7 Å². The minimum absolute atomic E-state index is 0.0389. The molecule has 3 aromatic carbocycles. The second kappa shape index (κ2) is 13.1. The highest BCUT2D eigenvalue weighted by molar-refractivity contribution is 5.76. The molecule has 0 radical (unpaired) electrons. The Morgan fingerprint density at radius 1 is 0.951 bits per heavy atom. The van der Waals surface area contributed by atoms with E-state index in [0.29, 0.717) is 31.3 Å². The molecule has 0 aliphatic carbocycles. The normalized spacial score (nSPS) is 18.7. The minimum Gasteiger partial charge on any atom is -0.493 e. The van der Waals surface area contributed by atoms with E-state index in [-0.39, 0.29) is 11.9 Å². The molecule has 1 fully saturated rings. The lowest BCUT2D eigenvalue weighted by molar-refractivity contribution is -0.133. The van der Waals surface area contributed by atoms with Gasteiger partial charge in [0.1, 0.15) is 6.61 Å². The van der Waals surface area contributed by atoms with Gasteiger partial charge < -0.3 is 29.2 Å². The van der Waals surface area contributed by atoms with Gasteiger partial charge in [-0.05, 0) is 71.8 Å². The minimum atomic E-state index is 0.0389. The molecule has 1 N–H and O–H groups in total. The first-order valence-corrected chi connectivity index (χ1v) is 14.3. The fraction of sp³-hybridized carbons (Fsp3) is 0.382. The van der Waals surface area contributed by atoms with Gasteiger partial charge in [-0.1, -0.05) is 42.5 Å². The van der Waals surface area contributed by atoms with Crippen LogP contribution in [-0.2, 0) is 17.8 Å². The average molecular weight is 557 g/mol. The summed E-state index contributed by atoms with van der Waals surface area (Å²) in [5.74, 6) is 3.44. The van der Waals surface area contributed by atoms with Gasteiger partial charge in [-0.15, -0.1) is 0 Å². The Morgan fingerprint density at radius 3 is 2.46 bits per heavy atom. The van der Waals surface area contributed by atoms with E-state index in [4.69, 9.17) is 18.9 Å². The Bertz CT molecular complexity index is 1390. The molecular formula is C34H40N2O5. The third kappa shape index (κ3) is 6.85. The van der Waals surface area contributed by atoms with Gasteiger partial charge in [-0.3, -0.25) is 4.79 Å². The number of nitrogens with zero attached hydrogens (tertiary/aromatic N) is 1. The number of hydrogen-bond acceptors (Lipinski definition) is 6. The van der Waals surface area contributed by atoms with Crippen molar-refractivity contribution in [2.24, 2.45) is 5.92 Å². The molecule has 1 saturated heterocycles. The van der Waals surface area contributed by atoms with Crippen LogP contribution in [0.25, 0.3) is 6.08 Å². The number of aryl methyl sites for hydroxylation is 1. The van der Waals surface area contributed by atoms with Crippen LogP contribution in [0.5, 0.6) is 23.0 Å². The quantitative estimate of drug-likeness (QED) is 0.344. The zero-order valence-corrected chi connectivity index (χ0v) is 24.4. The standard InChI is InChI=1S/C34H40N2O5/c1-23-16-30(38-3)32(41-22-25-10-13-34(37)36(2)20-25)17-26(23)11-12-29-28-19-31(39-4)33(18-27(28)14-15-35-29)40-21-24-8-6-5-7-9-24/h5-9,11-12,16-19,25,29,35H,10,13-15,20-22H2,1-4H3/b12-11+. The Labute approximate surface area is 243 Å². The number of fused-ring (bicyclic) bond motifs is 1. The van der Waals surface area contributed by atoms with Gasteiger partial charge in [-0.25, -0.2) is 0 Å². The van der Waals surface area contributed by atoms with Crippen molar-refractivity contribution in [3.05, 3.63) is 88.5 Å². The number of benzene rings is 3. The summed E-state index contributed by atoms with van der Waals surface area (Å²) in [6.07, 6.45) is 6.69. The molecule has 216 valence electrons. The lowest BCUT2D eigenvalue weighted by Crippen LogP contribution is -2.38. The number of amides is 1. The summed E-state index contributed by atoms with van der Waals surface area (Å²) in [6.45, 7) is 4.71. The van der Waals surface area contributed by atoms with Crippen molar-refractivity contribution in [2.75, 3.05) is 41.0 Å². The highest BCUT2D eigenvalue weighted by Crippen LogP contribution is 2.37. The van der Waals surface area contributed by atoms with E-state index in [2.05, 4.69) is 48.7 Å². The fourth-order valence-corrected chi connectivity index (χ4v) is 5.55. The summed E-state index contributed by atoms with van der Waals surface area (Å²) in [4.78, 5) is 13.6. The number of methoxy groups -OCH3 is 2. The molecular weight excluding hydrogens is 516 g/mol. The molecule has 2 aliphatic rings. The Hall–Kier alpha value is -3.97. The lowest BCUT2D eigenvalue weighted by Gasteiger charge is -2.29. The maximum Gasteiger partial charge on any atom is 0.222 e. The Balaban J connectivity index is 1.32. The van der Waals surface area contributed by atoms with Crippen molar-refractivity contribution >= 4 is 12.0 Å². The van der Waals surface area contributed by atoms with Crippen molar-refractivity contribution in [1.82, 2.24) is 10.2 Å². The molecule has 2 aliphatic heterocycles. The highest BCUT2D eigenvalue weighted by Gasteiger charge is 2.24. The number of ether oxygens (including phenoxy) is 4. The van der Waals surface area contributed by atoms with E-state index in [1.165, 1.54) is 11.1 Å². The SMILES string of the molecule is COc1cc2c(cc1OCc1ccccc1)CCNC2/C=C/c1cc(OCC2CCC(=O)N(C)C2)c(OC)cc1C. The van der Waals surface area contributed by atoms with Crippen LogP contribution < -0.4 is 24.3 Å². The molecule has 0 spiro atoms. The van der Waals surface area contributed by atoms with Crippen LogP contribution in [0, 0.1) is 12.8 Å². The predicted octanol–water partition coefficient (Wildman–Crippen LogP) is 5.74. The zero-order valence-electron chi connectivity index (χ0n) is 24.4. The number of likely N-dealkylation sites (tertiary alicyclic amines) is 1. The van der Waals surface area contributed by atoms with Gasteiger partial charge in [0.2, 0.25) is 5.91 Å². The van der Waals surface area contributed by atoms with Gasteiger partial charge in [0.15, 0.2) is 23.0 Å². The molecule has 3 aromatic rings. The van der Waals surface area contributed by atoms with Crippen LogP contribution in [0.3, 0.4) is 0 Å². The molecule has 2 unspecified atom stereocenters. The summed E-state index contributed by atoms with van der Waals surface area (Å²) in [6, 6.07) is 18.5. The summed E-state index contributed by atoms with van der Waals surface area (Å²) in [7, 11) is 5.21. The number of carbonyl (C=O) groups excluding carboxylic acids is 1. The van der Waals surface area contributed by atoms with E-state index in [0.717, 1.165) is 59.9 Å². The molecule has 0 bridgehead atoms. The van der Waals surface area contributed by atoms with E-state index >= 15 is 0 Å². The maximum absolute atomic E-state index is 11.9. The first-order chi connectivity index (χ1) is 19.9. The van der Waals surface area contributed by atoms with Gasteiger partial charge in [0.25, 0.3) is 0 Å². The molecule has 5 rings (SSSR count). The van der Waals surface area contributed by atoms with Gasteiger partial charge in [-0.2, -0.15) is 0 Å². The smallest absolute Gasteiger partial charge is 0.222 e. The number of hydrogen-bond donors (Lipinski definition) is 1. The third-order valence-corrected chi connectivity index (χ3v) is 7.98. The molecule has 7 nitrogen and oxygen atoms in total. The molecule has 41 heavy (non-hydrogen) atoms. The van der Waals surface area contributed by atoms with Gasteiger partial charge >= 0.3 is 0 Å². The molecule has 1 amide bonds. The number of rotatable bonds is 10. The average Bonchev–Trinajstić information content (AvgIpc) is 3.00. The van der Waals surface area contributed by atoms with Gasteiger partial charge in [0, 0.05) is 32.5 Å². The van der Waals surface area contributed by atoms with E-state index in [9.17, 15) is 4.79 Å². The van der Waals surface area contributed by atoms with Gasteiger partial charge in [0.05, 0.1) is 26.9 Å². The zero-order chi connectivity index (χ0) is 28.8. The first kappa shape index (κ1) is 28.6. The Kier molecular flexibility index (Phi) is 9.14. The largest absolute Gasteiger partial charge is 0.493 e. The molecule has 7 heteroatoms. The summed E-state index contributed by atoms with van der Waals surface area (Å²) in [5.41, 5.74) is 5.74. The molecule has 2 heterocycles. The number of nitrogens with one attached hydrogen (secondary N) is 1. The predicted molar refractivity (Wildman–Crippen MR) is 161 cm³/mol. The van der Waals surface area contributed by atoms with E-state index in [1.807, 2.05) is 37.4 Å². The summed E-state index contributed by atoms with van der Waals surface area (Å²) < 4.78 is 23.8. The highest BCUT2D eigenvalue weighted by atomic mass is 16.5. The maximum atomic E-state index is 11.9. The summed E-state index contributed by atoms with van der Waals surface area (Å²) >= 11 is 0.